The molecule has 0 fully saturated rings. The third kappa shape index (κ3) is 2.92. The van der Waals surface area contributed by atoms with Gasteiger partial charge in [0.15, 0.2) is 0 Å². The molecule has 0 aliphatic carbocycles. The summed E-state index contributed by atoms with van der Waals surface area (Å²) in [5.74, 6) is -0.728. The minimum Gasteiger partial charge on any atom is -0.465 e. The van der Waals surface area contributed by atoms with Crippen molar-refractivity contribution in [1.29, 1.82) is 0 Å². The van der Waals surface area contributed by atoms with Crippen LogP contribution in [0.1, 0.15) is 34.5 Å². The second kappa shape index (κ2) is 6.65. The Morgan fingerprint density at radius 3 is 3.08 bits per heavy atom. The van der Waals surface area contributed by atoms with E-state index in [4.69, 9.17) is 0 Å². The van der Waals surface area contributed by atoms with Crippen molar-refractivity contribution in [2.45, 2.75) is 32.4 Å². The molecule has 1 N–H and O–H groups in total. The number of methoxy groups -OCH3 is 1. The average molecular weight is 331 g/mol. The fourth-order valence-electron chi connectivity index (χ4n) is 2.86. The van der Waals surface area contributed by atoms with Gasteiger partial charge in [0.05, 0.1) is 18.2 Å². The first-order valence-electron chi connectivity index (χ1n) is 7.61. The van der Waals surface area contributed by atoms with Gasteiger partial charge in [-0.05, 0) is 25.3 Å². The minimum absolute atomic E-state index is 0.0404. The maximum atomic E-state index is 11.7. The number of nitrogens with one attached hydrogen (secondary N) is 1. The van der Waals surface area contributed by atoms with Crippen molar-refractivity contribution in [3.63, 3.8) is 0 Å². The van der Waals surface area contributed by atoms with Crippen LogP contribution in [-0.4, -0.2) is 32.8 Å². The number of nitrogens with zero attached hydrogens (tertiary/aromatic N) is 4. The molecule has 2 aromatic heterocycles. The number of pyridine rings is 1. The number of hydrogen-bond donors (Lipinski definition) is 1. The van der Waals surface area contributed by atoms with E-state index in [0.29, 0.717) is 6.54 Å². The number of aryl methyl sites for hydroxylation is 1. The topological polar surface area (TPSA) is 112 Å². The maximum Gasteiger partial charge on any atom is 0.345 e. The number of carbonyl (C=O) groups excluding carboxylic acids is 1. The Bertz CT molecular complexity index is 786. The van der Waals surface area contributed by atoms with E-state index < -0.39 is 10.9 Å². The lowest BCUT2D eigenvalue weighted by Gasteiger charge is -2.15. The van der Waals surface area contributed by atoms with Gasteiger partial charge in [-0.3, -0.25) is 14.8 Å². The van der Waals surface area contributed by atoms with E-state index in [1.165, 1.54) is 19.4 Å². The molecule has 0 unspecified atom stereocenters. The summed E-state index contributed by atoms with van der Waals surface area (Å²) in [6, 6.07) is 1.27. The molecule has 3 heterocycles. The molecular weight excluding hydrogens is 314 g/mol. The molecule has 1 aliphatic heterocycles. The zero-order chi connectivity index (χ0) is 17.1. The predicted molar refractivity (Wildman–Crippen MR) is 84.7 cm³/mol. The summed E-state index contributed by atoms with van der Waals surface area (Å²) < 4.78 is 6.56. The van der Waals surface area contributed by atoms with Crippen molar-refractivity contribution >= 4 is 17.5 Å². The minimum atomic E-state index is -0.768. The van der Waals surface area contributed by atoms with Gasteiger partial charge in [-0.1, -0.05) is 0 Å². The van der Waals surface area contributed by atoms with Crippen molar-refractivity contribution in [2.24, 2.45) is 0 Å². The van der Waals surface area contributed by atoms with E-state index >= 15 is 0 Å². The van der Waals surface area contributed by atoms with E-state index in [1.54, 1.807) is 6.20 Å². The molecule has 2 aromatic rings. The van der Waals surface area contributed by atoms with Crippen LogP contribution in [0.25, 0.3) is 0 Å². The molecule has 0 saturated heterocycles. The van der Waals surface area contributed by atoms with Crippen LogP contribution in [0.5, 0.6) is 0 Å². The van der Waals surface area contributed by atoms with Crippen LogP contribution in [-0.2, 0) is 24.2 Å². The average Bonchev–Trinajstić information content (AvgIpc) is 3.02. The number of aromatic nitrogens is 3. The van der Waals surface area contributed by atoms with Gasteiger partial charge in [-0.2, -0.15) is 5.10 Å². The smallest absolute Gasteiger partial charge is 0.345 e. The van der Waals surface area contributed by atoms with Crippen molar-refractivity contribution in [3.8, 4) is 0 Å². The highest BCUT2D eigenvalue weighted by molar-refractivity contribution is 5.95. The first kappa shape index (κ1) is 15.9. The Morgan fingerprint density at radius 1 is 1.50 bits per heavy atom. The van der Waals surface area contributed by atoms with Crippen molar-refractivity contribution in [2.75, 3.05) is 12.4 Å². The van der Waals surface area contributed by atoms with E-state index in [9.17, 15) is 14.9 Å². The van der Waals surface area contributed by atoms with E-state index in [-0.39, 0.29) is 17.1 Å². The largest absolute Gasteiger partial charge is 0.465 e. The number of anilines is 1. The van der Waals surface area contributed by atoms with E-state index in [2.05, 4.69) is 20.1 Å². The molecule has 126 valence electrons. The Hall–Kier alpha value is -2.97. The number of nitro groups is 1. The second-order valence-corrected chi connectivity index (χ2v) is 5.45. The number of ether oxygens (including phenoxy) is 1. The van der Waals surface area contributed by atoms with Crippen LogP contribution in [0.15, 0.2) is 18.5 Å². The molecule has 3 rings (SSSR count). The standard InChI is InChI=1S/C15H17N5O4/c1-24-15(21)11-5-6-16-14(13(11)20(22)23)17-8-10-9-18-19-7-3-2-4-12(10)19/h5-6,9H,2-4,7-8H2,1H3,(H,16,17). The van der Waals surface area contributed by atoms with Gasteiger partial charge in [0.1, 0.15) is 5.56 Å². The number of hydrogen-bond acceptors (Lipinski definition) is 7. The molecule has 0 bridgehead atoms. The highest BCUT2D eigenvalue weighted by atomic mass is 16.6. The third-order valence-corrected chi connectivity index (χ3v) is 4.03. The van der Waals surface area contributed by atoms with E-state index in [0.717, 1.165) is 37.1 Å². The van der Waals surface area contributed by atoms with Crippen molar-refractivity contribution in [1.82, 2.24) is 14.8 Å². The maximum absolute atomic E-state index is 11.7. The highest BCUT2D eigenvalue weighted by Crippen LogP contribution is 2.28. The number of esters is 1. The normalized spacial score (nSPS) is 13.2. The van der Waals surface area contributed by atoms with Gasteiger partial charge in [-0.15, -0.1) is 0 Å². The predicted octanol–water partition coefficient (Wildman–Crippen LogP) is 1.92. The lowest BCUT2D eigenvalue weighted by Crippen LogP contribution is -2.14. The summed E-state index contributed by atoms with van der Waals surface area (Å²) in [5, 5.41) is 18.6. The summed E-state index contributed by atoms with van der Waals surface area (Å²) in [7, 11) is 1.18. The Balaban J connectivity index is 1.86. The van der Waals surface area contributed by atoms with Gasteiger partial charge >= 0.3 is 11.7 Å². The fourth-order valence-corrected chi connectivity index (χ4v) is 2.86. The molecular formula is C15H17N5O4. The van der Waals surface area contributed by atoms with Crippen LogP contribution in [0, 0.1) is 10.1 Å². The Labute approximate surface area is 137 Å². The Morgan fingerprint density at radius 2 is 2.33 bits per heavy atom. The SMILES string of the molecule is COC(=O)c1ccnc(NCc2cnn3c2CCCC3)c1[N+](=O)[O-]. The fraction of sp³-hybridized carbons (Fsp3) is 0.400. The Kier molecular flexibility index (Phi) is 4.41. The molecule has 0 atom stereocenters. The first-order valence-corrected chi connectivity index (χ1v) is 7.61. The molecule has 9 heteroatoms. The number of carbonyl (C=O) groups is 1. The number of rotatable bonds is 5. The van der Waals surface area contributed by atoms with Crippen molar-refractivity contribution < 1.29 is 14.5 Å². The van der Waals surface area contributed by atoms with Crippen LogP contribution >= 0.6 is 0 Å². The molecule has 0 radical (unpaired) electrons. The van der Waals surface area contributed by atoms with Gasteiger partial charge in [0.2, 0.25) is 5.82 Å². The molecule has 1 aliphatic rings. The lowest BCUT2D eigenvalue weighted by molar-refractivity contribution is -0.384. The quantitative estimate of drug-likeness (QED) is 0.506. The molecule has 0 amide bonds. The zero-order valence-electron chi connectivity index (χ0n) is 13.2. The third-order valence-electron chi connectivity index (χ3n) is 4.03. The summed E-state index contributed by atoms with van der Waals surface area (Å²) in [6.45, 7) is 1.25. The highest BCUT2D eigenvalue weighted by Gasteiger charge is 2.26. The summed E-state index contributed by atoms with van der Waals surface area (Å²) >= 11 is 0. The molecule has 9 nitrogen and oxygen atoms in total. The lowest BCUT2D eigenvalue weighted by atomic mass is 10.1. The molecule has 0 spiro atoms. The molecule has 0 saturated carbocycles. The summed E-state index contributed by atoms with van der Waals surface area (Å²) in [4.78, 5) is 26.4. The molecule has 24 heavy (non-hydrogen) atoms. The van der Waals surface area contributed by atoms with Gasteiger partial charge in [0.25, 0.3) is 0 Å². The number of fused-ring (bicyclic) bond motifs is 1. The van der Waals surface area contributed by atoms with Gasteiger partial charge < -0.3 is 10.1 Å². The molecule has 0 aromatic carbocycles. The summed E-state index contributed by atoms with van der Waals surface area (Å²) in [5.41, 5.74) is 1.61. The van der Waals surface area contributed by atoms with Crippen molar-refractivity contribution in [3.05, 3.63) is 45.4 Å². The van der Waals surface area contributed by atoms with E-state index in [1.807, 2.05) is 4.68 Å². The van der Waals surface area contributed by atoms with Crippen LogP contribution in [0.4, 0.5) is 11.5 Å². The van der Waals surface area contributed by atoms with Crippen LogP contribution < -0.4 is 5.32 Å². The summed E-state index contributed by atoms with van der Waals surface area (Å²) in [6.07, 6.45) is 6.26. The zero-order valence-corrected chi connectivity index (χ0v) is 13.2. The van der Waals surface area contributed by atoms with Gasteiger partial charge in [0, 0.05) is 30.5 Å². The van der Waals surface area contributed by atoms with Crippen LogP contribution in [0.3, 0.4) is 0 Å². The monoisotopic (exact) mass is 331 g/mol. The van der Waals surface area contributed by atoms with Gasteiger partial charge in [-0.25, -0.2) is 9.78 Å². The van der Waals surface area contributed by atoms with Crippen LogP contribution in [0.2, 0.25) is 0 Å². The second-order valence-electron chi connectivity index (χ2n) is 5.45. The first-order chi connectivity index (χ1) is 11.6.